The van der Waals surface area contributed by atoms with Crippen molar-refractivity contribution in [3.63, 3.8) is 0 Å². The topological polar surface area (TPSA) is 94.8 Å². The lowest BCUT2D eigenvalue weighted by Gasteiger charge is -2.03. The van der Waals surface area contributed by atoms with Gasteiger partial charge in [0.25, 0.3) is 0 Å². The number of aromatic nitrogens is 1. The molecule has 3 N–H and O–H groups in total. The van der Waals surface area contributed by atoms with Crippen molar-refractivity contribution >= 4 is 28.7 Å². The Hall–Kier alpha value is -1.76. The van der Waals surface area contributed by atoms with Gasteiger partial charge in [-0.2, -0.15) is 0 Å². The first-order valence-electron chi connectivity index (χ1n) is 4.50. The second-order valence-corrected chi connectivity index (χ2v) is 4.13. The Balaban J connectivity index is 2.06. The van der Waals surface area contributed by atoms with Crippen molar-refractivity contribution in [1.82, 2.24) is 4.98 Å². The van der Waals surface area contributed by atoms with Crippen LogP contribution in [0, 0.1) is 0 Å². The Morgan fingerprint density at radius 2 is 2.44 bits per heavy atom. The molecule has 0 radical (unpaired) electrons. The van der Waals surface area contributed by atoms with Crippen molar-refractivity contribution in [1.29, 1.82) is 0 Å². The highest BCUT2D eigenvalue weighted by molar-refractivity contribution is 8.14. The van der Waals surface area contributed by atoms with E-state index >= 15 is 0 Å². The predicted octanol–water partition coefficient (Wildman–Crippen LogP) is 0.755. The van der Waals surface area contributed by atoms with Crippen molar-refractivity contribution in [3.8, 4) is 5.75 Å². The zero-order valence-corrected chi connectivity index (χ0v) is 8.94. The van der Waals surface area contributed by atoms with Crippen LogP contribution in [-0.2, 0) is 4.79 Å². The molecule has 0 amide bonds. The van der Waals surface area contributed by atoms with Crippen LogP contribution in [-0.4, -0.2) is 38.1 Å². The van der Waals surface area contributed by atoms with Gasteiger partial charge in [-0.25, -0.2) is 14.8 Å². The summed E-state index contributed by atoms with van der Waals surface area (Å²) in [6.07, 6.45) is 1.45. The van der Waals surface area contributed by atoms with Crippen LogP contribution in [0.2, 0.25) is 0 Å². The zero-order valence-electron chi connectivity index (χ0n) is 8.12. The molecule has 0 spiro atoms. The van der Waals surface area contributed by atoms with E-state index in [1.165, 1.54) is 30.1 Å². The lowest BCUT2D eigenvalue weighted by atomic mass is 10.4. The Kier molecular flexibility index (Phi) is 2.95. The Labute approximate surface area is 95.4 Å². The monoisotopic (exact) mass is 239 g/mol. The lowest BCUT2D eigenvalue weighted by Crippen LogP contribution is -2.17. The first-order valence-corrected chi connectivity index (χ1v) is 5.49. The number of carboxylic acid groups (broad SMARTS) is 1. The molecule has 2 heterocycles. The molecule has 16 heavy (non-hydrogen) atoms. The highest BCUT2D eigenvalue weighted by Gasteiger charge is 2.24. The largest absolute Gasteiger partial charge is 0.508 e. The van der Waals surface area contributed by atoms with Crippen LogP contribution in [0.4, 0.5) is 5.82 Å². The maximum absolute atomic E-state index is 10.6. The second-order valence-electron chi connectivity index (χ2n) is 3.12. The summed E-state index contributed by atoms with van der Waals surface area (Å²) in [5, 5.41) is 21.3. The standard InChI is InChI=1S/C9H9N3O3S/c13-5-1-2-10-7(3-5)12-9-11-6(4-16-9)8(14)15/h1-3,6H,4H2,(H,14,15)(H2,10,11,12,13)/t6-/m0/s1. The number of aliphatic carboxylic acids is 1. The fourth-order valence-corrected chi connectivity index (χ4v) is 2.08. The number of nitrogens with one attached hydrogen (secondary N) is 1. The molecular weight excluding hydrogens is 230 g/mol. The third kappa shape index (κ3) is 2.43. The van der Waals surface area contributed by atoms with Crippen molar-refractivity contribution in [2.75, 3.05) is 11.1 Å². The van der Waals surface area contributed by atoms with E-state index in [4.69, 9.17) is 5.11 Å². The highest BCUT2D eigenvalue weighted by atomic mass is 32.2. The van der Waals surface area contributed by atoms with E-state index in [2.05, 4.69) is 15.3 Å². The number of thioether (sulfide) groups is 1. The summed E-state index contributed by atoms with van der Waals surface area (Å²) < 4.78 is 0. The van der Waals surface area contributed by atoms with Crippen LogP contribution >= 0.6 is 11.8 Å². The van der Waals surface area contributed by atoms with Gasteiger partial charge in [0.15, 0.2) is 11.2 Å². The molecule has 6 nitrogen and oxygen atoms in total. The van der Waals surface area contributed by atoms with Gasteiger partial charge in [0, 0.05) is 18.0 Å². The van der Waals surface area contributed by atoms with Crippen LogP contribution in [0.3, 0.4) is 0 Å². The number of anilines is 1. The first-order chi connectivity index (χ1) is 7.65. The number of aromatic hydroxyl groups is 1. The molecular formula is C9H9N3O3S. The fourth-order valence-electron chi connectivity index (χ4n) is 1.17. The average molecular weight is 239 g/mol. The molecule has 1 aromatic rings. The summed E-state index contributed by atoms with van der Waals surface area (Å²) in [5.74, 6) is 0.0116. The van der Waals surface area contributed by atoms with Crippen LogP contribution in [0.1, 0.15) is 0 Å². The minimum absolute atomic E-state index is 0.0934. The van der Waals surface area contributed by atoms with E-state index in [9.17, 15) is 9.90 Å². The summed E-state index contributed by atoms with van der Waals surface area (Å²) in [5.41, 5.74) is 0. The molecule has 1 aromatic heterocycles. The molecule has 7 heteroatoms. The average Bonchev–Trinajstić information content (AvgIpc) is 2.66. The molecule has 0 bridgehead atoms. The molecule has 0 saturated heterocycles. The molecule has 2 rings (SSSR count). The molecule has 84 valence electrons. The Morgan fingerprint density at radius 3 is 3.06 bits per heavy atom. The number of hydrogen-bond acceptors (Lipinski definition) is 6. The molecule has 1 aliphatic heterocycles. The lowest BCUT2D eigenvalue weighted by molar-refractivity contribution is -0.137. The smallest absolute Gasteiger partial charge is 0.329 e. The fraction of sp³-hybridized carbons (Fsp3) is 0.222. The van der Waals surface area contributed by atoms with Gasteiger partial charge in [0.2, 0.25) is 0 Å². The van der Waals surface area contributed by atoms with Crippen LogP contribution < -0.4 is 5.32 Å². The van der Waals surface area contributed by atoms with E-state index in [1.54, 1.807) is 0 Å². The summed E-state index contributed by atoms with van der Waals surface area (Å²) in [6, 6.07) is 2.19. The van der Waals surface area contributed by atoms with Gasteiger partial charge in [-0.3, -0.25) is 0 Å². The van der Waals surface area contributed by atoms with Gasteiger partial charge >= 0.3 is 5.97 Å². The Morgan fingerprint density at radius 1 is 1.62 bits per heavy atom. The zero-order chi connectivity index (χ0) is 11.5. The maximum Gasteiger partial charge on any atom is 0.329 e. The number of hydrogen-bond donors (Lipinski definition) is 3. The normalized spacial score (nSPS) is 19.2. The van der Waals surface area contributed by atoms with E-state index in [0.717, 1.165) is 0 Å². The summed E-state index contributed by atoms with van der Waals surface area (Å²) >= 11 is 1.32. The maximum atomic E-state index is 10.6. The van der Waals surface area contributed by atoms with Gasteiger partial charge in [-0.05, 0) is 6.07 Å². The number of carbonyl (C=O) groups is 1. The van der Waals surface area contributed by atoms with E-state index in [-0.39, 0.29) is 5.75 Å². The molecule has 1 aliphatic rings. The molecule has 0 unspecified atom stereocenters. The molecule has 0 aromatic carbocycles. The molecule has 1 atom stereocenters. The van der Waals surface area contributed by atoms with Gasteiger partial charge in [-0.1, -0.05) is 11.8 Å². The van der Waals surface area contributed by atoms with Crippen molar-refractivity contribution < 1.29 is 15.0 Å². The van der Waals surface area contributed by atoms with E-state index < -0.39 is 12.0 Å². The second kappa shape index (κ2) is 4.40. The first kappa shape index (κ1) is 10.7. The Bertz CT molecular complexity index is 449. The third-order valence-corrected chi connectivity index (χ3v) is 2.88. The number of amidine groups is 1. The minimum atomic E-state index is -0.937. The SMILES string of the molecule is O=C(O)[C@@H]1CSC(Nc2cc(O)ccn2)=N1. The molecule has 0 aliphatic carbocycles. The number of carboxylic acids is 1. The molecule has 0 saturated carbocycles. The summed E-state index contributed by atoms with van der Waals surface area (Å²) in [6.45, 7) is 0. The quantitative estimate of drug-likeness (QED) is 0.705. The number of aliphatic imine (C=N–C) groups is 1. The van der Waals surface area contributed by atoms with Crippen LogP contribution in [0.25, 0.3) is 0 Å². The number of pyridine rings is 1. The summed E-state index contributed by atoms with van der Waals surface area (Å²) in [4.78, 5) is 18.6. The van der Waals surface area contributed by atoms with E-state index in [0.29, 0.717) is 16.7 Å². The number of rotatable bonds is 2. The van der Waals surface area contributed by atoms with Gasteiger partial charge < -0.3 is 15.5 Å². The van der Waals surface area contributed by atoms with Crippen LogP contribution in [0.15, 0.2) is 23.3 Å². The number of nitrogens with zero attached hydrogens (tertiary/aromatic N) is 2. The van der Waals surface area contributed by atoms with E-state index in [1.807, 2.05) is 0 Å². The third-order valence-electron chi connectivity index (χ3n) is 1.91. The highest BCUT2D eigenvalue weighted by Crippen LogP contribution is 2.20. The predicted molar refractivity (Wildman–Crippen MR) is 60.8 cm³/mol. The van der Waals surface area contributed by atoms with Crippen LogP contribution in [0.5, 0.6) is 5.75 Å². The summed E-state index contributed by atoms with van der Waals surface area (Å²) in [7, 11) is 0. The van der Waals surface area contributed by atoms with Gasteiger partial charge in [-0.15, -0.1) is 0 Å². The van der Waals surface area contributed by atoms with Gasteiger partial charge in [0.1, 0.15) is 11.6 Å². The van der Waals surface area contributed by atoms with Crippen molar-refractivity contribution in [2.45, 2.75) is 6.04 Å². The van der Waals surface area contributed by atoms with Gasteiger partial charge in [0.05, 0.1) is 0 Å². The van der Waals surface area contributed by atoms with Crippen molar-refractivity contribution in [2.24, 2.45) is 4.99 Å². The minimum Gasteiger partial charge on any atom is -0.508 e. The van der Waals surface area contributed by atoms with Crippen molar-refractivity contribution in [3.05, 3.63) is 18.3 Å². The molecule has 0 fully saturated rings.